The number of ether oxygens (including phenoxy) is 2. The van der Waals surface area contributed by atoms with Crippen LogP contribution in [-0.4, -0.2) is 77.1 Å². The number of rotatable bonds is 8. The third-order valence-electron chi connectivity index (χ3n) is 6.34. The normalized spacial score (nSPS) is 20.6. The summed E-state index contributed by atoms with van der Waals surface area (Å²) in [6.07, 6.45) is 4.02. The van der Waals surface area contributed by atoms with Crippen LogP contribution in [-0.2, 0) is 14.3 Å². The van der Waals surface area contributed by atoms with Crippen LogP contribution in [0.15, 0.2) is 48.3 Å². The summed E-state index contributed by atoms with van der Waals surface area (Å²) in [5.74, 6) is -0.771. The lowest BCUT2D eigenvalue weighted by atomic mass is 9.94. The summed E-state index contributed by atoms with van der Waals surface area (Å²) < 4.78 is 11.2. The summed E-state index contributed by atoms with van der Waals surface area (Å²) in [6.45, 7) is 10.1. The molecule has 1 atom stereocenters. The number of hydrogen-bond acceptors (Lipinski definition) is 7. The third-order valence-corrected chi connectivity index (χ3v) is 6.34. The Morgan fingerprint density at radius 3 is 2.63 bits per heavy atom. The Morgan fingerprint density at radius 1 is 1.20 bits per heavy atom. The molecular formula is C27H33N3O5. The zero-order chi connectivity index (χ0) is 24.9. The highest BCUT2D eigenvalue weighted by molar-refractivity contribution is 6.46. The first-order valence-electron chi connectivity index (χ1n) is 12.1. The van der Waals surface area contributed by atoms with Crippen LogP contribution in [0, 0.1) is 6.92 Å². The average Bonchev–Trinajstić information content (AvgIpc) is 3.10. The molecule has 4 rings (SSSR count). The number of amides is 1. The lowest BCUT2D eigenvalue weighted by Gasteiger charge is -2.29. The lowest BCUT2D eigenvalue weighted by molar-refractivity contribution is -0.140. The van der Waals surface area contributed by atoms with Gasteiger partial charge in [-0.1, -0.05) is 6.07 Å². The van der Waals surface area contributed by atoms with E-state index in [9.17, 15) is 14.7 Å². The number of benzene rings is 1. The van der Waals surface area contributed by atoms with Crippen LogP contribution in [0.3, 0.4) is 0 Å². The molecule has 2 aromatic rings. The molecule has 1 aromatic heterocycles. The largest absolute Gasteiger partial charge is 0.507 e. The predicted molar refractivity (Wildman–Crippen MR) is 132 cm³/mol. The molecule has 2 aliphatic rings. The van der Waals surface area contributed by atoms with Gasteiger partial charge in [-0.05, 0) is 62.6 Å². The standard InChI is InChI=1S/C27H33N3O5/c1-18(2)35-21-7-8-22(19(3)16-21)25(31)23-24(20-6-4-9-28-17-20)30(27(33)26(23)32)11-5-10-29-12-14-34-15-13-29/h4,6-9,16-18,24,31H,5,10-15H2,1-3H3/b25-23+. The maximum atomic E-state index is 13.2. The highest BCUT2D eigenvalue weighted by Gasteiger charge is 2.46. The Bertz CT molecular complexity index is 1090. The van der Waals surface area contributed by atoms with Crippen molar-refractivity contribution in [3.63, 3.8) is 0 Å². The molecule has 3 heterocycles. The van der Waals surface area contributed by atoms with E-state index in [4.69, 9.17) is 9.47 Å². The van der Waals surface area contributed by atoms with Gasteiger partial charge in [-0.3, -0.25) is 19.5 Å². The molecule has 0 bridgehead atoms. The number of aromatic nitrogens is 1. The maximum Gasteiger partial charge on any atom is 0.295 e. The van der Waals surface area contributed by atoms with Crippen LogP contribution in [0.4, 0.5) is 0 Å². The number of likely N-dealkylation sites (tertiary alicyclic amines) is 1. The minimum absolute atomic E-state index is 0.0159. The number of carbonyl (C=O) groups excluding carboxylic acids is 2. The van der Waals surface area contributed by atoms with Crippen molar-refractivity contribution < 1.29 is 24.2 Å². The first kappa shape index (κ1) is 24.9. The molecule has 1 unspecified atom stereocenters. The maximum absolute atomic E-state index is 13.2. The van der Waals surface area contributed by atoms with E-state index in [1.807, 2.05) is 32.9 Å². The summed E-state index contributed by atoms with van der Waals surface area (Å²) in [5, 5.41) is 11.3. The summed E-state index contributed by atoms with van der Waals surface area (Å²) in [7, 11) is 0. The zero-order valence-electron chi connectivity index (χ0n) is 20.6. The number of aliphatic hydroxyl groups excluding tert-OH is 1. The van der Waals surface area contributed by atoms with Crippen molar-refractivity contribution in [1.29, 1.82) is 0 Å². The van der Waals surface area contributed by atoms with Crippen molar-refractivity contribution >= 4 is 17.4 Å². The van der Waals surface area contributed by atoms with Gasteiger partial charge < -0.3 is 19.5 Å². The fraction of sp³-hybridized carbons (Fsp3) is 0.444. The van der Waals surface area contributed by atoms with Gasteiger partial charge in [0.15, 0.2) is 0 Å². The summed E-state index contributed by atoms with van der Waals surface area (Å²) >= 11 is 0. The van der Waals surface area contributed by atoms with E-state index < -0.39 is 17.7 Å². The van der Waals surface area contributed by atoms with Crippen molar-refractivity contribution in [3.05, 3.63) is 65.0 Å². The Balaban J connectivity index is 1.66. The zero-order valence-corrected chi connectivity index (χ0v) is 20.6. The number of ketones is 1. The van der Waals surface area contributed by atoms with E-state index in [-0.39, 0.29) is 17.4 Å². The van der Waals surface area contributed by atoms with Gasteiger partial charge in [-0.2, -0.15) is 0 Å². The highest BCUT2D eigenvalue weighted by atomic mass is 16.5. The number of nitrogens with zero attached hydrogens (tertiary/aromatic N) is 3. The number of pyridine rings is 1. The van der Waals surface area contributed by atoms with E-state index in [1.165, 1.54) is 0 Å². The Morgan fingerprint density at radius 2 is 1.97 bits per heavy atom. The van der Waals surface area contributed by atoms with Crippen molar-refractivity contribution in [3.8, 4) is 5.75 Å². The van der Waals surface area contributed by atoms with Crippen LogP contribution >= 0.6 is 0 Å². The molecule has 0 radical (unpaired) electrons. The molecule has 8 heteroatoms. The molecular weight excluding hydrogens is 446 g/mol. The smallest absolute Gasteiger partial charge is 0.295 e. The van der Waals surface area contributed by atoms with Crippen LogP contribution in [0.25, 0.3) is 5.76 Å². The SMILES string of the molecule is Cc1cc(OC(C)C)ccc1/C(O)=C1\C(=O)C(=O)N(CCCN2CCOCC2)C1c1cccnc1. The van der Waals surface area contributed by atoms with Gasteiger partial charge in [-0.15, -0.1) is 0 Å². The summed E-state index contributed by atoms with van der Waals surface area (Å²) in [5.41, 5.74) is 2.04. The van der Waals surface area contributed by atoms with Gasteiger partial charge in [0.05, 0.1) is 30.9 Å². The first-order chi connectivity index (χ1) is 16.9. The molecule has 1 amide bonds. The molecule has 1 aromatic carbocycles. The minimum Gasteiger partial charge on any atom is -0.507 e. The fourth-order valence-corrected chi connectivity index (χ4v) is 4.68. The molecule has 8 nitrogen and oxygen atoms in total. The topological polar surface area (TPSA) is 92.2 Å². The third kappa shape index (κ3) is 5.55. The summed E-state index contributed by atoms with van der Waals surface area (Å²) in [6, 6.07) is 8.23. The van der Waals surface area contributed by atoms with E-state index in [0.717, 1.165) is 25.2 Å². The van der Waals surface area contributed by atoms with Crippen LogP contribution < -0.4 is 4.74 Å². The number of morpholine rings is 1. The molecule has 35 heavy (non-hydrogen) atoms. The van der Waals surface area contributed by atoms with E-state index in [0.29, 0.717) is 43.1 Å². The minimum atomic E-state index is -0.695. The van der Waals surface area contributed by atoms with Gasteiger partial charge >= 0.3 is 0 Å². The molecule has 2 fully saturated rings. The van der Waals surface area contributed by atoms with Gasteiger partial charge in [0, 0.05) is 44.1 Å². The predicted octanol–water partition coefficient (Wildman–Crippen LogP) is 3.32. The number of carbonyl (C=O) groups is 2. The van der Waals surface area contributed by atoms with Crippen LogP contribution in [0.1, 0.15) is 43.0 Å². The second kappa shape index (κ2) is 11.0. The van der Waals surface area contributed by atoms with Crippen molar-refractivity contribution in [2.75, 3.05) is 39.4 Å². The number of hydrogen-bond donors (Lipinski definition) is 1. The van der Waals surface area contributed by atoms with Gasteiger partial charge in [-0.25, -0.2) is 0 Å². The van der Waals surface area contributed by atoms with Crippen LogP contribution in [0.2, 0.25) is 0 Å². The molecule has 186 valence electrons. The molecule has 0 aliphatic carbocycles. The van der Waals surface area contributed by atoms with Crippen molar-refractivity contribution in [2.24, 2.45) is 0 Å². The first-order valence-corrected chi connectivity index (χ1v) is 12.1. The highest BCUT2D eigenvalue weighted by Crippen LogP contribution is 2.40. The molecule has 2 aliphatic heterocycles. The lowest BCUT2D eigenvalue weighted by Crippen LogP contribution is -2.39. The van der Waals surface area contributed by atoms with Gasteiger partial charge in [0.25, 0.3) is 11.7 Å². The average molecular weight is 480 g/mol. The number of aryl methyl sites for hydroxylation is 1. The second-order valence-corrected chi connectivity index (χ2v) is 9.23. The van der Waals surface area contributed by atoms with E-state index in [1.54, 1.807) is 35.5 Å². The Labute approximate surface area is 206 Å². The fourth-order valence-electron chi connectivity index (χ4n) is 4.68. The van der Waals surface area contributed by atoms with Crippen LogP contribution in [0.5, 0.6) is 5.75 Å². The van der Waals surface area contributed by atoms with Crippen molar-refractivity contribution in [1.82, 2.24) is 14.8 Å². The molecule has 0 saturated carbocycles. The second-order valence-electron chi connectivity index (χ2n) is 9.23. The molecule has 2 saturated heterocycles. The quantitative estimate of drug-likeness (QED) is 0.353. The molecule has 1 N–H and O–H groups in total. The number of Topliss-reactive ketones (excluding diaryl/α,β-unsaturated/α-hetero) is 1. The molecule has 0 spiro atoms. The van der Waals surface area contributed by atoms with E-state index in [2.05, 4.69) is 9.88 Å². The van der Waals surface area contributed by atoms with Crippen molar-refractivity contribution in [2.45, 2.75) is 39.3 Å². The monoisotopic (exact) mass is 479 g/mol. The number of aliphatic hydroxyl groups is 1. The van der Waals surface area contributed by atoms with Gasteiger partial charge in [0.2, 0.25) is 0 Å². The Kier molecular flexibility index (Phi) is 7.83. The van der Waals surface area contributed by atoms with E-state index >= 15 is 0 Å². The Hall–Kier alpha value is -3.23. The van der Waals surface area contributed by atoms with Gasteiger partial charge in [0.1, 0.15) is 11.5 Å². The summed E-state index contributed by atoms with van der Waals surface area (Å²) in [4.78, 5) is 34.4.